The molecular formula is C20H18ClF3N2O4S. The quantitative estimate of drug-likeness (QED) is 0.648. The lowest BCUT2D eigenvalue weighted by atomic mass is 10.0. The third-order valence-electron chi connectivity index (χ3n) is 5.45. The monoisotopic (exact) mass is 474 g/mol. The Hall–Kier alpha value is -2.30. The molecule has 0 radical (unpaired) electrons. The lowest BCUT2D eigenvalue weighted by molar-refractivity contribution is -0.139. The highest BCUT2D eigenvalue weighted by Gasteiger charge is 2.41. The van der Waals surface area contributed by atoms with E-state index in [1.807, 2.05) is 0 Å². The maximum atomic E-state index is 13.3. The maximum Gasteiger partial charge on any atom is 0.417 e. The lowest BCUT2D eigenvalue weighted by Gasteiger charge is -2.40. The SMILES string of the molecule is O=C1OCc2cc(Cl)ccc2N1C1CCN(S(=O)(=O)c2ccccc2C(F)(F)F)CC1. The molecule has 2 aliphatic heterocycles. The van der Waals surface area contributed by atoms with Gasteiger partial charge in [0.1, 0.15) is 6.61 Å². The number of rotatable bonds is 3. The third-order valence-corrected chi connectivity index (χ3v) is 7.64. The number of fused-ring (bicyclic) bond motifs is 1. The molecule has 1 amide bonds. The van der Waals surface area contributed by atoms with Crippen molar-refractivity contribution >= 4 is 33.4 Å². The van der Waals surface area contributed by atoms with E-state index in [1.54, 1.807) is 18.2 Å². The molecule has 0 bridgehead atoms. The first-order chi connectivity index (χ1) is 14.6. The second kappa shape index (κ2) is 7.99. The van der Waals surface area contributed by atoms with E-state index >= 15 is 0 Å². The summed E-state index contributed by atoms with van der Waals surface area (Å²) in [5.74, 6) is 0. The van der Waals surface area contributed by atoms with Gasteiger partial charge in [0.2, 0.25) is 10.0 Å². The van der Waals surface area contributed by atoms with Crippen LogP contribution in [0.25, 0.3) is 0 Å². The molecule has 4 rings (SSSR count). The standard InChI is InChI=1S/C20H18ClF3N2O4S/c21-14-5-6-17-13(11-14)12-30-19(27)26(17)15-7-9-25(10-8-15)31(28,29)18-4-2-1-3-16(18)20(22,23)24/h1-6,11,15H,7-10,12H2. The second-order valence-electron chi connectivity index (χ2n) is 7.33. The van der Waals surface area contributed by atoms with Gasteiger partial charge in [0.05, 0.1) is 16.1 Å². The molecule has 1 saturated heterocycles. The van der Waals surface area contributed by atoms with Crippen LogP contribution in [0.1, 0.15) is 24.0 Å². The fourth-order valence-corrected chi connectivity index (χ4v) is 5.84. The van der Waals surface area contributed by atoms with Gasteiger partial charge in [-0.25, -0.2) is 13.2 Å². The van der Waals surface area contributed by atoms with Gasteiger partial charge in [-0.2, -0.15) is 17.5 Å². The predicted octanol–water partition coefficient (Wildman–Crippen LogP) is 4.67. The smallest absolute Gasteiger partial charge is 0.417 e. The molecule has 0 aliphatic carbocycles. The van der Waals surface area contributed by atoms with Gasteiger partial charge in [0.15, 0.2) is 0 Å². The number of carbonyl (C=O) groups is 1. The molecule has 2 aromatic rings. The zero-order valence-electron chi connectivity index (χ0n) is 16.1. The van der Waals surface area contributed by atoms with Gasteiger partial charge >= 0.3 is 12.3 Å². The Morgan fingerprint density at radius 3 is 2.42 bits per heavy atom. The van der Waals surface area contributed by atoms with Crippen LogP contribution < -0.4 is 4.90 Å². The van der Waals surface area contributed by atoms with E-state index < -0.39 is 32.8 Å². The highest BCUT2D eigenvalue weighted by Crippen LogP contribution is 2.37. The maximum absolute atomic E-state index is 13.3. The normalized spacial score (nSPS) is 18.6. The summed E-state index contributed by atoms with van der Waals surface area (Å²) in [6.45, 7) is 0.0461. The summed E-state index contributed by atoms with van der Waals surface area (Å²) in [6, 6.07) is 8.85. The van der Waals surface area contributed by atoms with Crippen LogP contribution in [0.15, 0.2) is 47.4 Å². The first-order valence-corrected chi connectivity index (χ1v) is 11.3. The Bertz CT molecular complexity index is 1120. The number of cyclic esters (lactones) is 1. The molecular weight excluding hydrogens is 457 g/mol. The van der Waals surface area contributed by atoms with E-state index in [9.17, 15) is 26.4 Å². The Morgan fingerprint density at radius 1 is 1.06 bits per heavy atom. The van der Waals surface area contributed by atoms with E-state index in [-0.39, 0.29) is 38.6 Å². The number of piperidine rings is 1. The fraction of sp³-hybridized carbons (Fsp3) is 0.350. The molecule has 0 saturated carbocycles. The number of hydrogen-bond acceptors (Lipinski definition) is 4. The number of sulfonamides is 1. The summed E-state index contributed by atoms with van der Waals surface area (Å²) >= 11 is 6.01. The summed E-state index contributed by atoms with van der Waals surface area (Å²) < 4.78 is 72.1. The Balaban J connectivity index is 1.56. The van der Waals surface area contributed by atoms with Crippen molar-refractivity contribution in [3.63, 3.8) is 0 Å². The molecule has 31 heavy (non-hydrogen) atoms. The topological polar surface area (TPSA) is 66.9 Å². The zero-order chi connectivity index (χ0) is 22.4. The molecule has 2 aliphatic rings. The van der Waals surface area contributed by atoms with Crippen molar-refractivity contribution in [3.8, 4) is 0 Å². The minimum Gasteiger partial charge on any atom is -0.444 e. The van der Waals surface area contributed by atoms with Gasteiger partial charge in [-0.3, -0.25) is 4.90 Å². The highest BCUT2D eigenvalue weighted by atomic mass is 35.5. The predicted molar refractivity (Wildman–Crippen MR) is 107 cm³/mol. The first-order valence-electron chi connectivity index (χ1n) is 9.50. The largest absolute Gasteiger partial charge is 0.444 e. The van der Waals surface area contributed by atoms with Gasteiger partial charge in [-0.15, -0.1) is 0 Å². The van der Waals surface area contributed by atoms with Crippen LogP contribution in [0.3, 0.4) is 0 Å². The van der Waals surface area contributed by atoms with Crippen LogP contribution in [0.4, 0.5) is 23.7 Å². The molecule has 166 valence electrons. The van der Waals surface area contributed by atoms with Crippen LogP contribution in [-0.4, -0.2) is 37.9 Å². The van der Waals surface area contributed by atoms with Gasteiger partial charge in [-0.1, -0.05) is 23.7 Å². The van der Waals surface area contributed by atoms with Crippen LogP contribution in [0.2, 0.25) is 5.02 Å². The van der Waals surface area contributed by atoms with Crippen molar-refractivity contribution in [1.82, 2.24) is 4.31 Å². The van der Waals surface area contributed by atoms with E-state index in [1.165, 1.54) is 11.0 Å². The summed E-state index contributed by atoms with van der Waals surface area (Å²) in [5, 5.41) is 0.501. The number of anilines is 1. The van der Waals surface area contributed by atoms with Gasteiger partial charge in [0.25, 0.3) is 0 Å². The van der Waals surface area contributed by atoms with Crippen molar-refractivity contribution in [2.45, 2.75) is 36.6 Å². The molecule has 0 atom stereocenters. The number of nitrogens with zero attached hydrogens (tertiary/aromatic N) is 2. The van der Waals surface area contributed by atoms with Crippen molar-refractivity contribution in [1.29, 1.82) is 0 Å². The molecule has 0 aromatic heterocycles. The summed E-state index contributed by atoms with van der Waals surface area (Å²) in [5.41, 5.74) is 0.188. The van der Waals surface area contributed by atoms with Crippen LogP contribution in [0, 0.1) is 0 Å². The Morgan fingerprint density at radius 2 is 1.74 bits per heavy atom. The fourth-order valence-electron chi connectivity index (χ4n) is 3.96. The Labute approximate surface area is 182 Å². The number of amides is 1. The van der Waals surface area contributed by atoms with Crippen molar-refractivity contribution in [2.75, 3.05) is 18.0 Å². The van der Waals surface area contributed by atoms with Gasteiger partial charge in [-0.05, 0) is 43.2 Å². The number of hydrogen-bond donors (Lipinski definition) is 0. The van der Waals surface area contributed by atoms with Crippen LogP contribution >= 0.6 is 11.6 Å². The van der Waals surface area contributed by atoms with E-state index in [4.69, 9.17) is 16.3 Å². The number of halogens is 4. The first kappa shape index (κ1) is 21.9. The number of carbonyl (C=O) groups excluding carboxylic acids is 1. The molecule has 1 fully saturated rings. The van der Waals surface area contributed by atoms with E-state index in [0.29, 0.717) is 10.7 Å². The third kappa shape index (κ3) is 4.11. The van der Waals surface area contributed by atoms with Gasteiger partial charge < -0.3 is 4.74 Å². The molecule has 11 heteroatoms. The van der Waals surface area contributed by atoms with Crippen molar-refractivity contribution in [3.05, 3.63) is 58.6 Å². The molecule has 0 unspecified atom stereocenters. The van der Waals surface area contributed by atoms with Crippen LogP contribution in [0.5, 0.6) is 0 Å². The summed E-state index contributed by atoms with van der Waals surface area (Å²) in [4.78, 5) is 13.1. The van der Waals surface area contributed by atoms with E-state index in [2.05, 4.69) is 0 Å². The average Bonchev–Trinajstić information content (AvgIpc) is 2.73. The minimum atomic E-state index is -4.79. The van der Waals surface area contributed by atoms with Crippen molar-refractivity contribution in [2.24, 2.45) is 0 Å². The molecule has 2 aromatic carbocycles. The molecule has 0 N–H and O–H groups in total. The number of ether oxygens (including phenoxy) is 1. The van der Waals surface area contributed by atoms with Crippen LogP contribution in [-0.2, 0) is 27.5 Å². The molecule has 6 nitrogen and oxygen atoms in total. The van der Waals surface area contributed by atoms with Gasteiger partial charge in [0, 0.05) is 29.7 Å². The Kier molecular flexibility index (Phi) is 5.65. The zero-order valence-corrected chi connectivity index (χ0v) is 17.7. The molecule has 2 heterocycles. The van der Waals surface area contributed by atoms with Crippen molar-refractivity contribution < 1.29 is 31.1 Å². The number of benzene rings is 2. The summed E-state index contributed by atoms with van der Waals surface area (Å²) in [7, 11) is -4.35. The average molecular weight is 475 g/mol. The number of alkyl halides is 3. The summed E-state index contributed by atoms with van der Waals surface area (Å²) in [6.07, 6.45) is -4.82. The lowest BCUT2D eigenvalue weighted by Crippen LogP contribution is -2.50. The second-order valence-corrected chi connectivity index (χ2v) is 9.67. The molecule has 0 spiro atoms. The highest BCUT2D eigenvalue weighted by molar-refractivity contribution is 7.89. The van der Waals surface area contributed by atoms with E-state index in [0.717, 1.165) is 28.1 Å². The minimum absolute atomic E-state index is 0.0219.